The number of likely N-dealkylation sites (N-methyl/N-ethyl adjacent to an activating group) is 5. The molecular weight excluding hydrogens is 1260 g/mol. The lowest BCUT2D eigenvalue weighted by Crippen LogP contribution is -2.65. The van der Waals surface area contributed by atoms with E-state index >= 15 is 9.59 Å². The van der Waals surface area contributed by atoms with Crippen molar-refractivity contribution in [1.82, 2.24) is 55.6 Å². The third kappa shape index (κ3) is 19.6. The second-order valence-corrected chi connectivity index (χ2v) is 30.7. The normalized spacial score (nSPS) is 31.1. The van der Waals surface area contributed by atoms with Crippen LogP contribution in [0.1, 0.15) is 210 Å². The van der Waals surface area contributed by atoms with Gasteiger partial charge >= 0.3 is 6.18 Å². The number of hydrogen-bond donors (Lipinski definition) is 4. The Balaban J connectivity index is 1.39. The molecule has 6 fully saturated rings. The van der Waals surface area contributed by atoms with Crippen LogP contribution < -0.4 is 21.3 Å². The Labute approximate surface area is 573 Å². The number of carbonyl (C=O) groups excluding carboxylic acids is 11. The predicted molar refractivity (Wildman–Crippen MR) is 359 cm³/mol. The second kappa shape index (κ2) is 34.8. The molecule has 3 saturated heterocycles. The van der Waals surface area contributed by atoms with Crippen LogP contribution >= 0.6 is 11.6 Å². The van der Waals surface area contributed by atoms with Gasteiger partial charge in [0, 0.05) is 66.2 Å². The van der Waals surface area contributed by atoms with Crippen LogP contribution in [0.4, 0.5) is 13.2 Å². The summed E-state index contributed by atoms with van der Waals surface area (Å²) in [5, 5.41) is 10.8. The molecule has 3 aliphatic heterocycles. The van der Waals surface area contributed by atoms with Crippen LogP contribution in [0.3, 0.4) is 0 Å². The predicted octanol–water partition coefficient (Wildman–Crippen LogP) is 7.17. The first-order valence-electron chi connectivity index (χ1n) is 35.9. The number of carbonyl (C=O) groups is 11. The third-order valence-corrected chi connectivity index (χ3v) is 22.7. The van der Waals surface area contributed by atoms with E-state index in [4.69, 9.17) is 11.6 Å². The van der Waals surface area contributed by atoms with Gasteiger partial charge in [0.05, 0.1) is 12.5 Å². The topological polar surface area (TPSA) is 259 Å². The summed E-state index contributed by atoms with van der Waals surface area (Å²) in [7, 11) is 7.44. The maximum Gasteiger partial charge on any atom is 0.393 e. The fourth-order valence-electron chi connectivity index (χ4n) is 15.6. The van der Waals surface area contributed by atoms with E-state index in [0.717, 1.165) is 32.1 Å². The smallest absolute Gasteiger partial charge is 0.351 e. The molecule has 26 heteroatoms. The van der Waals surface area contributed by atoms with Crippen molar-refractivity contribution in [1.29, 1.82) is 0 Å². The highest BCUT2D eigenvalue weighted by Gasteiger charge is 2.52. The van der Waals surface area contributed by atoms with Gasteiger partial charge in [0.2, 0.25) is 65.0 Å². The summed E-state index contributed by atoms with van der Waals surface area (Å²) in [5.74, 6) is -9.20. The molecule has 0 aromatic heterocycles. The molecular formula is C70H115ClF3N11O11. The molecule has 0 aromatic carbocycles. The van der Waals surface area contributed by atoms with Crippen LogP contribution in [-0.2, 0) is 52.7 Å². The van der Waals surface area contributed by atoms with Crippen molar-refractivity contribution in [3.05, 3.63) is 0 Å². The van der Waals surface area contributed by atoms with Crippen molar-refractivity contribution in [2.24, 2.45) is 41.4 Å². The molecule has 544 valence electrons. The van der Waals surface area contributed by atoms with Gasteiger partial charge in [0.1, 0.15) is 53.9 Å². The van der Waals surface area contributed by atoms with Gasteiger partial charge in [0.15, 0.2) is 0 Å². The fraction of sp³-hybridized carbons (Fsp3) is 0.843. The number of fused-ring (bicyclic) bond motifs is 2. The summed E-state index contributed by atoms with van der Waals surface area (Å²) < 4.78 is 41.9. The molecule has 6 rings (SSSR count). The van der Waals surface area contributed by atoms with Gasteiger partial charge in [-0.15, -0.1) is 11.6 Å². The standard InChI is InChI=1S/C70H115ClF3N11O11/c1-15-43(7)58-67(95)80(11)45(9)63(91)85-34-30-53(85)66(94)82(13)55(38-46-23-18-17-19-24-46)65(93)79(10)40-56(86)76-51(29-27-47-26-28-49(50(71)37-47)70(72,73)74)64(92)84-33-22-25-52(84)61(89)78-69(31-20-21-32-69)68(96)83(14)59(44(8)16-2)62(90)75-48(35-41(3)4)39-57(87)81(12)54(36-42(5)6)60(88)77-58/h41-55,58-59H,15-40H2,1-14H3,(H,75,90)(H,76,86)(H,77,88)(H,78,89)/t43-,44-,45-,47?,48+,49?,50?,51-,52-,53-,54-,55-,58-,59-/m0/s1. The summed E-state index contributed by atoms with van der Waals surface area (Å²) in [6, 6.07) is -9.66. The Morgan fingerprint density at radius 3 is 1.77 bits per heavy atom. The fourth-order valence-corrected chi connectivity index (χ4v) is 16.2. The second-order valence-electron chi connectivity index (χ2n) is 30.2. The lowest BCUT2D eigenvalue weighted by atomic mass is 9.78. The lowest BCUT2D eigenvalue weighted by Gasteiger charge is -2.45. The number of halogens is 4. The van der Waals surface area contributed by atoms with E-state index in [0.29, 0.717) is 38.5 Å². The summed E-state index contributed by atoms with van der Waals surface area (Å²) in [5.41, 5.74) is -1.49. The minimum atomic E-state index is -4.49. The van der Waals surface area contributed by atoms with Gasteiger partial charge in [-0.1, -0.05) is 113 Å². The molecule has 3 heterocycles. The number of nitrogens with zero attached hydrogens (tertiary/aromatic N) is 7. The molecule has 3 unspecified atom stereocenters. The summed E-state index contributed by atoms with van der Waals surface area (Å²) >= 11 is 6.40. The highest BCUT2D eigenvalue weighted by molar-refractivity contribution is 6.20. The molecule has 3 saturated carbocycles. The average molecular weight is 1380 g/mol. The minimum absolute atomic E-state index is 0.0161. The van der Waals surface area contributed by atoms with Gasteiger partial charge in [-0.25, -0.2) is 0 Å². The maximum absolute atomic E-state index is 15.3. The monoisotopic (exact) mass is 1380 g/mol. The van der Waals surface area contributed by atoms with Crippen molar-refractivity contribution in [2.45, 2.75) is 281 Å². The number of alkyl halides is 4. The molecule has 4 N–H and O–H groups in total. The molecule has 3 aliphatic carbocycles. The Bertz CT molecular complexity index is 2750. The van der Waals surface area contributed by atoms with Gasteiger partial charge < -0.3 is 55.6 Å². The van der Waals surface area contributed by atoms with Crippen LogP contribution in [0.2, 0.25) is 0 Å². The van der Waals surface area contributed by atoms with Crippen LogP contribution in [0.15, 0.2) is 0 Å². The Hall–Kier alpha value is -5.75. The lowest BCUT2D eigenvalue weighted by molar-refractivity contribution is -0.182. The molecule has 1 spiro atoms. The number of nitrogens with one attached hydrogen (secondary N) is 4. The zero-order valence-corrected chi connectivity index (χ0v) is 60.6. The van der Waals surface area contributed by atoms with Crippen molar-refractivity contribution in [3.8, 4) is 0 Å². The van der Waals surface area contributed by atoms with Crippen molar-refractivity contribution >= 4 is 76.6 Å². The van der Waals surface area contributed by atoms with Gasteiger partial charge in [-0.05, 0) is 126 Å². The highest BCUT2D eigenvalue weighted by Crippen LogP contribution is 2.44. The average Bonchev–Trinajstić information content (AvgIpc) is 1.22. The quantitative estimate of drug-likeness (QED) is 0.134. The van der Waals surface area contributed by atoms with Gasteiger partial charge in [-0.3, -0.25) is 52.7 Å². The van der Waals surface area contributed by atoms with E-state index in [1.165, 1.54) is 69.5 Å². The third-order valence-electron chi connectivity index (χ3n) is 22.2. The van der Waals surface area contributed by atoms with E-state index in [1.807, 2.05) is 48.5 Å². The molecule has 22 nitrogen and oxygen atoms in total. The number of rotatable bonds is 13. The summed E-state index contributed by atoms with van der Waals surface area (Å²) in [6.45, 7) is 16.4. The molecule has 0 aromatic rings. The SMILES string of the molecule is CC[C@H](C)[C@@H]1NC(=O)[C@H](CC(C)C)N(C)C(=O)C[C@@H](CC(C)C)NC(=O)[C@H]([C@@H](C)CC)N(C)C(=O)C2(CCCC2)NC(=O)[C@@H]2CCCN2C(=O)[C@H](CCC2CCC(C(F)(F)F)C(Cl)C2)NC(=O)CN(C)C(=O)[C@H](CC2CCCCC2)N(C)C(=O)[C@@H]2CCN2C(=O)[C@H](C)N(C)C1=O. The molecule has 0 bridgehead atoms. The van der Waals surface area contributed by atoms with Gasteiger partial charge in [0.25, 0.3) is 0 Å². The molecule has 0 radical (unpaired) electrons. The van der Waals surface area contributed by atoms with E-state index < -0.39 is 161 Å². The highest BCUT2D eigenvalue weighted by atomic mass is 35.5. The van der Waals surface area contributed by atoms with Crippen molar-refractivity contribution in [3.63, 3.8) is 0 Å². The van der Waals surface area contributed by atoms with E-state index in [2.05, 4.69) is 21.3 Å². The molecule has 14 atom stereocenters. The zero-order chi connectivity index (χ0) is 71.4. The van der Waals surface area contributed by atoms with E-state index in [9.17, 15) is 56.3 Å². The first kappa shape index (κ1) is 79.2. The van der Waals surface area contributed by atoms with Crippen molar-refractivity contribution < 1.29 is 65.9 Å². The van der Waals surface area contributed by atoms with Crippen LogP contribution in [0.25, 0.3) is 0 Å². The van der Waals surface area contributed by atoms with Crippen LogP contribution in [0, 0.1) is 41.4 Å². The minimum Gasteiger partial charge on any atom is -0.351 e. The van der Waals surface area contributed by atoms with Gasteiger partial charge in [-0.2, -0.15) is 13.2 Å². The van der Waals surface area contributed by atoms with Crippen molar-refractivity contribution in [2.75, 3.05) is 54.9 Å². The number of amides is 11. The summed E-state index contributed by atoms with van der Waals surface area (Å²) in [4.78, 5) is 173. The first-order valence-corrected chi connectivity index (χ1v) is 36.4. The molecule has 11 amide bonds. The summed E-state index contributed by atoms with van der Waals surface area (Å²) in [6.07, 6.45) is 4.07. The zero-order valence-electron chi connectivity index (χ0n) is 59.8. The molecule has 96 heavy (non-hydrogen) atoms. The Morgan fingerprint density at radius 2 is 1.20 bits per heavy atom. The van der Waals surface area contributed by atoms with Crippen LogP contribution in [-0.4, -0.2) is 226 Å². The maximum atomic E-state index is 15.3. The van der Waals surface area contributed by atoms with E-state index in [-0.39, 0.29) is 114 Å². The number of hydrogen-bond acceptors (Lipinski definition) is 11. The van der Waals surface area contributed by atoms with Crippen LogP contribution in [0.5, 0.6) is 0 Å². The Morgan fingerprint density at radius 1 is 0.573 bits per heavy atom. The largest absolute Gasteiger partial charge is 0.393 e. The van der Waals surface area contributed by atoms with E-state index in [1.54, 1.807) is 13.8 Å². The first-order chi connectivity index (χ1) is 45.1. The Kier molecular flexibility index (Phi) is 28.8. The molecule has 6 aliphatic rings.